The van der Waals surface area contributed by atoms with E-state index in [0.717, 1.165) is 39.0 Å². The van der Waals surface area contributed by atoms with Gasteiger partial charge in [0.1, 0.15) is 0 Å². The van der Waals surface area contributed by atoms with E-state index in [4.69, 9.17) is 5.10 Å². The minimum atomic E-state index is 0.556. The maximum atomic E-state index is 4.75. The van der Waals surface area contributed by atoms with Crippen LogP contribution in [0.4, 0.5) is 0 Å². The molecule has 0 radical (unpaired) electrons. The molecule has 1 aromatic rings. The van der Waals surface area contributed by atoms with E-state index in [2.05, 4.69) is 47.9 Å². The van der Waals surface area contributed by atoms with Crippen molar-refractivity contribution in [2.45, 2.75) is 58.7 Å². The maximum Gasteiger partial charge on any atom is 0.0764 e. The first-order valence-electron chi connectivity index (χ1n) is 7.76. The smallest absolute Gasteiger partial charge is 0.0764 e. The first-order chi connectivity index (χ1) is 9.26. The summed E-state index contributed by atoms with van der Waals surface area (Å²) in [5.41, 5.74) is 1.21. The highest BCUT2D eigenvalue weighted by molar-refractivity contribution is 5.00. The van der Waals surface area contributed by atoms with Crippen LogP contribution in [0.2, 0.25) is 0 Å². The molecule has 0 aromatic carbocycles. The van der Waals surface area contributed by atoms with Gasteiger partial charge >= 0.3 is 0 Å². The molecule has 2 rings (SSSR count). The van der Waals surface area contributed by atoms with Crippen molar-refractivity contribution in [3.63, 3.8) is 0 Å². The lowest BCUT2D eigenvalue weighted by Crippen LogP contribution is -2.49. The second-order valence-electron chi connectivity index (χ2n) is 5.55. The summed E-state index contributed by atoms with van der Waals surface area (Å²) in [6.45, 7) is 11.1. The number of nitrogens with zero attached hydrogens (tertiary/aromatic N) is 3. The van der Waals surface area contributed by atoms with Gasteiger partial charge in [-0.2, -0.15) is 5.10 Å². The summed E-state index contributed by atoms with van der Waals surface area (Å²) in [6, 6.07) is 3.39. The first-order valence-corrected chi connectivity index (χ1v) is 7.76. The third-order valence-electron chi connectivity index (χ3n) is 4.20. The van der Waals surface area contributed by atoms with E-state index < -0.39 is 0 Å². The van der Waals surface area contributed by atoms with Crippen LogP contribution in [0.5, 0.6) is 0 Å². The Morgan fingerprint density at radius 3 is 2.84 bits per heavy atom. The van der Waals surface area contributed by atoms with Gasteiger partial charge in [-0.05, 0) is 25.3 Å². The number of hydrogen-bond donors (Lipinski definition) is 1. The van der Waals surface area contributed by atoms with Crippen LogP contribution in [0.1, 0.15) is 51.8 Å². The SMILES string of the molecule is CCC1CN(Cc2ccn(C(CC)CC)n2)CCN1. The normalized spacial score (nSPS) is 21.2. The fourth-order valence-corrected chi connectivity index (χ4v) is 2.87. The molecular weight excluding hydrogens is 236 g/mol. The zero-order valence-corrected chi connectivity index (χ0v) is 12.6. The second-order valence-corrected chi connectivity index (χ2v) is 5.55. The van der Waals surface area contributed by atoms with Crippen molar-refractivity contribution < 1.29 is 0 Å². The quantitative estimate of drug-likeness (QED) is 0.856. The van der Waals surface area contributed by atoms with E-state index in [1.54, 1.807) is 0 Å². The van der Waals surface area contributed by atoms with Crippen LogP contribution in [-0.2, 0) is 6.54 Å². The van der Waals surface area contributed by atoms with Gasteiger partial charge in [-0.15, -0.1) is 0 Å². The number of nitrogens with one attached hydrogen (secondary N) is 1. The molecule has 1 unspecified atom stereocenters. The van der Waals surface area contributed by atoms with E-state index in [-0.39, 0.29) is 0 Å². The standard InChI is InChI=1S/C15H28N4/c1-4-13-11-18(10-8-16-13)12-14-7-9-19(17-14)15(5-2)6-3/h7,9,13,15-16H,4-6,8,10-12H2,1-3H3. The molecule has 1 N–H and O–H groups in total. The lowest BCUT2D eigenvalue weighted by atomic mass is 10.1. The fraction of sp³-hybridized carbons (Fsp3) is 0.800. The fourth-order valence-electron chi connectivity index (χ4n) is 2.87. The Bertz CT molecular complexity index is 370. The molecule has 0 amide bonds. The molecule has 0 saturated carbocycles. The van der Waals surface area contributed by atoms with Crippen molar-refractivity contribution in [1.82, 2.24) is 20.0 Å². The van der Waals surface area contributed by atoms with E-state index in [0.29, 0.717) is 12.1 Å². The van der Waals surface area contributed by atoms with Gasteiger partial charge in [0.2, 0.25) is 0 Å². The van der Waals surface area contributed by atoms with Crippen molar-refractivity contribution in [3.8, 4) is 0 Å². The van der Waals surface area contributed by atoms with Crippen molar-refractivity contribution in [2.24, 2.45) is 0 Å². The molecule has 0 spiro atoms. The van der Waals surface area contributed by atoms with Gasteiger partial charge in [-0.3, -0.25) is 9.58 Å². The summed E-state index contributed by atoms with van der Waals surface area (Å²) >= 11 is 0. The molecule has 4 nitrogen and oxygen atoms in total. The third-order valence-corrected chi connectivity index (χ3v) is 4.20. The van der Waals surface area contributed by atoms with Gasteiger partial charge in [-0.25, -0.2) is 0 Å². The van der Waals surface area contributed by atoms with Crippen molar-refractivity contribution >= 4 is 0 Å². The largest absolute Gasteiger partial charge is 0.311 e. The van der Waals surface area contributed by atoms with Crippen LogP contribution >= 0.6 is 0 Å². The molecule has 0 bridgehead atoms. The number of piperazine rings is 1. The lowest BCUT2D eigenvalue weighted by molar-refractivity contribution is 0.187. The van der Waals surface area contributed by atoms with Gasteiger partial charge in [0.15, 0.2) is 0 Å². The second kappa shape index (κ2) is 7.06. The summed E-state index contributed by atoms with van der Waals surface area (Å²) in [4.78, 5) is 2.52. The van der Waals surface area contributed by atoms with Gasteiger partial charge in [0.05, 0.1) is 11.7 Å². The van der Waals surface area contributed by atoms with E-state index >= 15 is 0 Å². The minimum Gasteiger partial charge on any atom is -0.311 e. The van der Waals surface area contributed by atoms with Crippen LogP contribution in [0, 0.1) is 0 Å². The Labute approximate surface area is 117 Å². The number of aromatic nitrogens is 2. The Morgan fingerprint density at radius 1 is 1.37 bits per heavy atom. The van der Waals surface area contributed by atoms with Crippen molar-refractivity contribution in [2.75, 3.05) is 19.6 Å². The van der Waals surface area contributed by atoms with Gasteiger partial charge in [0.25, 0.3) is 0 Å². The maximum absolute atomic E-state index is 4.75. The molecule has 19 heavy (non-hydrogen) atoms. The molecule has 1 saturated heterocycles. The minimum absolute atomic E-state index is 0.556. The van der Waals surface area contributed by atoms with Gasteiger partial charge in [-0.1, -0.05) is 20.8 Å². The van der Waals surface area contributed by atoms with E-state index in [1.807, 2.05) is 0 Å². The van der Waals surface area contributed by atoms with Crippen molar-refractivity contribution in [3.05, 3.63) is 18.0 Å². The highest BCUT2D eigenvalue weighted by Crippen LogP contribution is 2.15. The van der Waals surface area contributed by atoms with Crippen LogP contribution in [0.3, 0.4) is 0 Å². The van der Waals surface area contributed by atoms with Crippen LogP contribution in [-0.4, -0.2) is 40.4 Å². The molecular formula is C15H28N4. The zero-order valence-electron chi connectivity index (χ0n) is 12.6. The number of hydrogen-bond acceptors (Lipinski definition) is 3. The molecule has 4 heteroatoms. The molecule has 1 atom stereocenters. The van der Waals surface area contributed by atoms with Crippen molar-refractivity contribution in [1.29, 1.82) is 0 Å². The summed E-state index contributed by atoms with van der Waals surface area (Å²) in [6.07, 6.45) is 5.66. The van der Waals surface area contributed by atoms with E-state index in [9.17, 15) is 0 Å². The van der Waals surface area contributed by atoms with Crippen LogP contribution in [0.15, 0.2) is 12.3 Å². The molecule has 2 heterocycles. The summed E-state index contributed by atoms with van der Waals surface area (Å²) in [5, 5.41) is 8.31. The third kappa shape index (κ3) is 3.80. The predicted molar refractivity (Wildman–Crippen MR) is 79.2 cm³/mol. The highest BCUT2D eigenvalue weighted by atomic mass is 15.3. The summed E-state index contributed by atoms with van der Waals surface area (Å²) < 4.78 is 2.15. The lowest BCUT2D eigenvalue weighted by Gasteiger charge is -2.32. The highest BCUT2D eigenvalue weighted by Gasteiger charge is 2.18. The topological polar surface area (TPSA) is 33.1 Å². The Hall–Kier alpha value is -0.870. The van der Waals surface area contributed by atoms with Gasteiger partial charge in [0, 0.05) is 38.4 Å². The number of rotatable bonds is 6. The molecule has 108 valence electrons. The molecule has 0 aliphatic carbocycles. The summed E-state index contributed by atoms with van der Waals surface area (Å²) in [7, 11) is 0. The van der Waals surface area contributed by atoms with E-state index in [1.165, 1.54) is 12.1 Å². The first kappa shape index (κ1) is 14.5. The molecule has 1 aliphatic rings. The monoisotopic (exact) mass is 264 g/mol. The zero-order chi connectivity index (χ0) is 13.7. The average Bonchev–Trinajstić information content (AvgIpc) is 2.89. The Kier molecular flexibility index (Phi) is 5.40. The Balaban J connectivity index is 1.92. The van der Waals surface area contributed by atoms with Gasteiger partial charge < -0.3 is 5.32 Å². The molecule has 1 fully saturated rings. The molecule has 1 aliphatic heterocycles. The average molecular weight is 264 g/mol. The summed E-state index contributed by atoms with van der Waals surface area (Å²) in [5.74, 6) is 0. The Morgan fingerprint density at radius 2 is 2.16 bits per heavy atom. The van der Waals surface area contributed by atoms with Crippen LogP contribution < -0.4 is 5.32 Å². The predicted octanol–water partition coefficient (Wildman–Crippen LogP) is 2.43. The molecule has 1 aromatic heterocycles. The van der Waals surface area contributed by atoms with Crippen LogP contribution in [0.25, 0.3) is 0 Å².